The monoisotopic (exact) mass is 358 g/mol. The lowest BCUT2D eigenvalue weighted by molar-refractivity contribution is -0.140. The molecule has 2 aromatic rings. The predicted molar refractivity (Wildman–Crippen MR) is 90.5 cm³/mol. The number of ether oxygens (including phenoxy) is 3. The quantitative estimate of drug-likeness (QED) is 0.746. The molecule has 1 aromatic carbocycles. The first-order valence-corrected chi connectivity index (χ1v) is 7.79. The Kier molecular flexibility index (Phi) is 4.99. The molecular formula is C17H18N4O5. The van der Waals surface area contributed by atoms with Gasteiger partial charge < -0.3 is 19.1 Å². The highest BCUT2D eigenvalue weighted by Crippen LogP contribution is 2.27. The first-order chi connectivity index (χ1) is 12.5. The summed E-state index contributed by atoms with van der Waals surface area (Å²) in [6, 6.07) is 7.23. The predicted octanol–water partition coefficient (Wildman–Crippen LogP) is 0.970. The van der Waals surface area contributed by atoms with Crippen LogP contribution in [-0.4, -0.2) is 54.3 Å². The molecule has 0 unspecified atom stereocenters. The number of nitrogens with zero attached hydrogens (tertiary/aromatic N) is 4. The summed E-state index contributed by atoms with van der Waals surface area (Å²) < 4.78 is 16.7. The summed E-state index contributed by atoms with van der Waals surface area (Å²) in [5.41, 5.74) is 1.69. The summed E-state index contributed by atoms with van der Waals surface area (Å²) >= 11 is 0. The standard InChI is InChI=1S/C17H18N4O5/c1-11-18-9-21(19-11)13-6-4-12(5-7-13)20-10-26-8-14(16(22)24-2)15(20)17(23)25-3/h4-7,9H,8,10H2,1-3H3. The van der Waals surface area contributed by atoms with Crippen molar-refractivity contribution < 1.29 is 23.8 Å². The van der Waals surface area contributed by atoms with Crippen molar-refractivity contribution in [3.8, 4) is 5.69 Å². The zero-order chi connectivity index (χ0) is 18.7. The smallest absolute Gasteiger partial charge is 0.355 e. The highest BCUT2D eigenvalue weighted by molar-refractivity contribution is 6.03. The minimum absolute atomic E-state index is 0.0239. The molecule has 0 fully saturated rings. The van der Waals surface area contributed by atoms with Gasteiger partial charge in [0.2, 0.25) is 0 Å². The number of aryl methyl sites for hydroxylation is 1. The molecule has 0 atom stereocenters. The molecular weight excluding hydrogens is 340 g/mol. The Morgan fingerprint density at radius 3 is 2.31 bits per heavy atom. The molecule has 0 amide bonds. The van der Waals surface area contributed by atoms with Gasteiger partial charge in [-0.2, -0.15) is 5.10 Å². The number of hydrogen-bond acceptors (Lipinski definition) is 8. The summed E-state index contributed by atoms with van der Waals surface area (Å²) in [6.07, 6.45) is 1.61. The van der Waals surface area contributed by atoms with Gasteiger partial charge in [0.15, 0.2) is 0 Å². The van der Waals surface area contributed by atoms with Gasteiger partial charge >= 0.3 is 11.9 Å². The summed E-state index contributed by atoms with van der Waals surface area (Å²) in [5, 5.41) is 4.25. The van der Waals surface area contributed by atoms with E-state index in [1.54, 1.807) is 35.0 Å². The van der Waals surface area contributed by atoms with Crippen LogP contribution >= 0.6 is 0 Å². The average molecular weight is 358 g/mol. The van der Waals surface area contributed by atoms with Crippen LogP contribution in [0.2, 0.25) is 0 Å². The number of carbonyl (C=O) groups excluding carboxylic acids is 2. The van der Waals surface area contributed by atoms with Crippen molar-refractivity contribution in [1.82, 2.24) is 14.8 Å². The van der Waals surface area contributed by atoms with Gasteiger partial charge in [0.05, 0.1) is 32.1 Å². The Hall–Kier alpha value is -3.20. The lowest BCUT2D eigenvalue weighted by Crippen LogP contribution is -2.38. The van der Waals surface area contributed by atoms with Crippen LogP contribution in [0.25, 0.3) is 5.69 Å². The molecule has 0 radical (unpaired) electrons. The SMILES string of the molecule is COC(=O)C1=C(C(=O)OC)N(c2ccc(-n3cnc(C)n3)cc2)COC1. The number of methoxy groups -OCH3 is 2. The zero-order valence-electron chi connectivity index (χ0n) is 14.6. The Labute approximate surface area is 149 Å². The van der Waals surface area contributed by atoms with E-state index in [0.29, 0.717) is 11.5 Å². The maximum absolute atomic E-state index is 12.3. The lowest BCUT2D eigenvalue weighted by atomic mass is 10.1. The van der Waals surface area contributed by atoms with E-state index in [1.807, 2.05) is 12.1 Å². The summed E-state index contributed by atoms with van der Waals surface area (Å²) in [7, 11) is 2.51. The van der Waals surface area contributed by atoms with E-state index < -0.39 is 11.9 Å². The van der Waals surface area contributed by atoms with Crippen LogP contribution in [0, 0.1) is 6.92 Å². The second kappa shape index (κ2) is 7.36. The Balaban J connectivity index is 1.98. The van der Waals surface area contributed by atoms with Gasteiger partial charge in [-0.3, -0.25) is 0 Å². The van der Waals surface area contributed by atoms with Crippen molar-refractivity contribution in [3.63, 3.8) is 0 Å². The van der Waals surface area contributed by atoms with E-state index in [0.717, 1.165) is 5.69 Å². The number of rotatable bonds is 4. The largest absolute Gasteiger partial charge is 0.466 e. The molecule has 9 nitrogen and oxygen atoms in total. The summed E-state index contributed by atoms with van der Waals surface area (Å²) in [4.78, 5) is 29.9. The third kappa shape index (κ3) is 3.29. The first-order valence-electron chi connectivity index (χ1n) is 7.79. The van der Waals surface area contributed by atoms with Crippen LogP contribution in [0.3, 0.4) is 0 Å². The molecule has 26 heavy (non-hydrogen) atoms. The highest BCUT2D eigenvalue weighted by atomic mass is 16.5. The summed E-state index contributed by atoms with van der Waals surface area (Å²) in [5.74, 6) is -0.605. The van der Waals surface area contributed by atoms with Gasteiger partial charge in [-0.25, -0.2) is 19.3 Å². The molecule has 0 saturated heterocycles. The Bertz CT molecular complexity index is 856. The number of anilines is 1. The number of aromatic nitrogens is 3. The normalized spacial score (nSPS) is 14.3. The van der Waals surface area contributed by atoms with Crippen molar-refractivity contribution in [2.24, 2.45) is 0 Å². The third-order valence-corrected chi connectivity index (χ3v) is 3.87. The third-order valence-electron chi connectivity index (χ3n) is 3.87. The fourth-order valence-electron chi connectivity index (χ4n) is 2.60. The maximum atomic E-state index is 12.3. The minimum atomic E-state index is -0.635. The van der Waals surface area contributed by atoms with Gasteiger partial charge in [-0.05, 0) is 31.2 Å². The number of benzene rings is 1. The Morgan fingerprint density at radius 2 is 1.73 bits per heavy atom. The van der Waals surface area contributed by atoms with E-state index in [-0.39, 0.29) is 24.6 Å². The van der Waals surface area contributed by atoms with Crippen molar-refractivity contribution in [2.45, 2.75) is 6.92 Å². The molecule has 9 heteroatoms. The molecule has 1 aliphatic rings. The fraction of sp³-hybridized carbons (Fsp3) is 0.294. The van der Waals surface area contributed by atoms with E-state index in [2.05, 4.69) is 10.1 Å². The number of hydrogen-bond donors (Lipinski definition) is 0. The maximum Gasteiger partial charge on any atom is 0.355 e. The van der Waals surface area contributed by atoms with E-state index >= 15 is 0 Å². The van der Waals surface area contributed by atoms with Crippen LogP contribution < -0.4 is 4.90 Å². The number of carbonyl (C=O) groups is 2. The topological polar surface area (TPSA) is 95.8 Å². The molecule has 0 N–H and O–H groups in total. The number of esters is 2. The molecule has 0 bridgehead atoms. The van der Waals surface area contributed by atoms with Crippen molar-refractivity contribution in [3.05, 3.63) is 47.7 Å². The van der Waals surface area contributed by atoms with E-state index in [9.17, 15) is 9.59 Å². The molecule has 0 aliphatic carbocycles. The van der Waals surface area contributed by atoms with E-state index in [4.69, 9.17) is 14.2 Å². The fourth-order valence-corrected chi connectivity index (χ4v) is 2.60. The molecule has 1 aliphatic heterocycles. The zero-order valence-corrected chi connectivity index (χ0v) is 14.6. The Morgan fingerprint density at radius 1 is 1.08 bits per heavy atom. The first kappa shape index (κ1) is 17.6. The average Bonchev–Trinajstić information content (AvgIpc) is 3.12. The molecule has 0 spiro atoms. The molecule has 2 heterocycles. The summed E-state index contributed by atoms with van der Waals surface area (Å²) in [6.45, 7) is 1.88. The molecule has 3 rings (SSSR count). The van der Waals surface area contributed by atoms with Gasteiger partial charge in [0, 0.05) is 5.69 Å². The van der Waals surface area contributed by atoms with Crippen LogP contribution in [0.1, 0.15) is 5.82 Å². The second-order valence-electron chi connectivity index (χ2n) is 5.47. The van der Waals surface area contributed by atoms with Crippen LogP contribution in [0.4, 0.5) is 5.69 Å². The molecule has 1 aromatic heterocycles. The van der Waals surface area contributed by atoms with Gasteiger partial charge in [0.1, 0.15) is 24.6 Å². The van der Waals surface area contributed by atoms with Gasteiger partial charge in [0.25, 0.3) is 0 Å². The van der Waals surface area contributed by atoms with Crippen molar-refractivity contribution in [1.29, 1.82) is 0 Å². The van der Waals surface area contributed by atoms with Crippen molar-refractivity contribution >= 4 is 17.6 Å². The molecule has 136 valence electrons. The molecule has 0 saturated carbocycles. The van der Waals surface area contributed by atoms with Crippen molar-refractivity contribution in [2.75, 3.05) is 32.5 Å². The minimum Gasteiger partial charge on any atom is -0.466 e. The highest BCUT2D eigenvalue weighted by Gasteiger charge is 2.32. The van der Waals surface area contributed by atoms with Crippen LogP contribution in [0.5, 0.6) is 0 Å². The van der Waals surface area contributed by atoms with Gasteiger partial charge in [-0.1, -0.05) is 0 Å². The van der Waals surface area contributed by atoms with Gasteiger partial charge in [-0.15, -0.1) is 0 Å². The van der Waals surface area contributed by atoms with Crippen LogP contribution in [0.15, 0.2) is 41.9 Å². The van der Waals surface area contributed by atoms with E-state index in [1.165, 1.54) is 14.2 Å². The lowest BCUT2D eigenvalue weighted by Gasteiger charge is -2.31. The van der Waals surface area contributed by atoms with Crippen LogP contribution in [-0.2, 0) is 23.8 Å². The second-order valence-corrected chi connectivity index (χ2v) is 5.47.